The second kappa shape index (κ2) is 5.88. The average molecular weight is 260 g/mol. The van der Waals surface area contributed by atoms with Gasteiger partial charge in [0.2, 0.25) is 0 Å². The summed E-state index contributed by atoms with van der Waals surface area (Å²) < 4.78 is 0. The van der Waals surface area contributed by atoms with Crippen molar-refractivity contribution in [3.63, 3.8) is 0 Å². The van der Waals surface area contributed by atoms with Crippen LogP contribution < -0.4 is 5.73 Å². The van der Waals surface area contributed by atoms with Crippen molar-refractivity contribution in [3.8, 4) is 0 Å². The van der Waals surface area contributed by atoms with Gasteiger partial charge >= 0.3 is 0 Å². The molecule has 3 rings (SSSR count). The summed E-state index contributed by atoms with van der Waals surface area (Å²) >= 11 is 0. The maximum Gasteiger partial charge on any atom is 0.0564 e. The monoisotopic (exact) mass is 260 g/mol. The van der Waals surface area contributed by atoms with Crippen LogP contribution in [0.5, 0.6) is 0 Å². The molecule has 1 aromatic rings. The van der Waals surface area contributed by atoms with E-state index >= 15 is 0 Å². The number of pyridine rings is 1. The number of nitrogens with two attached hydrogens (primary N) is 1. The van der Waals surface area contributed by atoms with Crippen LogP contribution in [0.2, 0.25) is 0 Å². The highest BCUT2D eigenvalue weighted by Crippen LogP contribution is 2.21. The van der Waals surface area contributed by atoms with Gasteiger partial charge in [-0.3, -0.25) is 14.8 Å². The summed E-state index contributed by atoms with van der Waals surface area (Å²) in [6.07, 6.45) is 7.30. The van der Waals surface area contributed by atoms with E-state index in [4.69, 9.17) is 5.73 Å². The number of aromatic nitrogens is 1. The summed E-state index contributed by atoms with van der Waals surface area (Å²) in [4.78, 5) is 9.61. The molecule has 19 heavy (non-hydrogen) atoms. The maximum atomic E-state index is 5.81. The predicted molar refractivity (Wildman–Crippen MR) is 77.8 cm³/mol. The molecule has 0 radical (unpaired) electrons. The molecular formula is C15H24N4. The van der Waals surface area contributed by atoms with Crippen molar-refractivity contribution < 1.29 is 0 Å². The van der Waals surface area contributed by atoms with Crippen molar-refractivity contribution in [1.29, 1.82) is 0 Å². The van der Waals surface area contributed by atoms with Gasteiger partial charge < -0.3 is 5.73 Å². The van der Waals surface area contributed by atoms with Crippen molar-refractivity contribution in [2.45, 2.75) is 38.3 Å². The molecule has 4 heteroatoms. The van der Waals surface area contributed by atoms with Gasteiger partial charge in [-0.05, 0) is 44.5 Å². The number of piperidine rings is 1. The SMILES string of the molecule is Nc1ccnc(CN2CCC(N3CCCCC3)C2)c1. The smallest absolute Gasteiger partial charge is 0.0564 e. The lowest BCUT2D eigenvalue weighted by Gasteiger charge is -2.32. The van der Waals surface area contributed by atoms with Gasteiger partial charge in [0.25, 0.3) is 0 Å². The number of likely N-dealkylation sites (tertiary alicyclic amines) is 2. The number of rotatable bonds is 3. The topological polar surface area (TPSA) is 45.4 Å². The zero-order valence-corrected chi connectivity index (χ0v) is 11.6. The van der Waals surface area contributed by atoms with E-state index in [1.807, 2.05) is 18.3 Å². The summed E-state index contributed by atoms with van der Waals surface area (Å²) in [6, 6.07) is 4.61. The maximum absolute atomic E-state index is 5.81. The van der Waals surface area contributed by atoms with Crippen molar-refractivity contribution in [1.82, 2.24) is 14.8 Å². The highest BCUT2D eigenvalue weighted by Gasteiger charge is 2.28. The molecule has 104 valence electrons. The van der Waals surface area contributed by atoms with E-state index in [0.29, 0.717) is 0 Å². The fraction of sp³-hybridized carbons (Fsp3) is 0.667. The summed E-state index contributed by atoms with van der Waals surface area (Å²) in [5.74, 6) is 0. The Bertz CT molecular complexity index is 414. The lowest BCUT2D eigenvalue weighted by atomic mass is 10.1. The minimum Gasteiger partial charge on any atom is -0.399 e. The Balaban J connectivity index is 1.54. The van der Waals surface area contributed by atoms with E-state index < -0.39 is 0 Å². The van der Waals surface area contributed by atoms with Gasteiger partial charge in [0.1, 0.15) is 0 Å². The number of anilines is 1. The quantitative estimate of drug-likeness (QED) is 0.899. The van der Waals surface area contributed by atoms with E-state index in [1.54, 1.807) is 0 Å². The standard InChI is InChI=1S/C15H24N4/c16-13-4-6-17-14(10-13)11-18-9-5-15(12-18)19-7-2-1-3-8-19/h4,6,10,15H,1-3,5,7-9,11-12H2,(H2,16,17). The van der Waals surface area contributed by atoms with Crippen LogP contribution in [0, 0.1) is 0 Å². The molecule has 2 N–H and O–H groups in total. The fourth-order valence-corrected chi connectivity index (χ4v) is 3.35. The summed E-state index contributed by atoms with van der Waals surface area (Å²) in [5.41, 5.74) is 7.72. The molecule has 2 saturated heterocycles. The van der Waals surface area contributed by atoms with Crippen LogP contribution in [0.1, 0.15) is 31.4 Å². The Hall–Kier alpha value is -1.13. The second-order valence-corrected chi connectivity index (χ2v) is 5.85. The number of hydrogen-bond donors (Lipinski definition) is 1. The first kappa shape index (κ1) is 12.9. The average Bonchev–Trinajstić information content (AvgIpc) is 2.88. The van der Waals surface area contributed by atoms with Crippen LogP contribution in [0.15, 0.2) is 18.3 Å². The molecule has 4 nitrogen and oxygen atoms in total. The molecule has 0 aliphatic carbocycles. The minimum absolute atomic E-state index is 0.765. The zero-order chi connectivity index (χ0) is 13.1. The molecule has 0 amide bonds. The lowest BCUT2D eigenvalue weighted by molar-refractivity contribution is 0.161. The molecule has 0 saturated carbocycles. The van der Waals surface area contributed by atoms with E-state index in [1.165, 1.54) is 51.9 Å². The molecule has 2 aliphatic rings. The highest BCUT2D eigenvalue weighted by atomic mass is 15.3. The highest BCUT2D eigenvalue weighted by molar-refractivity contribution is 5.37. The van der Waals surface area contributed by atoms with Gasteiger partial charge in [-0.15, -0.1) is 0 Å². The first-order chi connectivity index (χ1) is 9.31. The van der Waals surface area contributed by atoms with Gasteiger partial charge in [-0.25, -0.2) is 0 Å². The zero-order valence-electron chi connectivity index (χ0n) is 11.6. The first-order valence-corrected chi connectivity index (χ1v) is 7.48. The van der Waals surface area contributed by atoms with Crippen LogP contribution in [-0.2, 0) is 6.54 Å². The minimum atomic E-state index is 0.765. The van der Waals surface area contributed by atoms with Crippen LogP contribution in [-0.4, -0.2) is 47.0 Å². The molecule has 3 heterocycles. The summed E-state index contributed by atoms with van der Waals surface area (Å²) in [5, 5.41) is 0. The third kappa shape index (κ3) is 3.25. The molecular weight excluding hydrogens is 236 g/mol. The van der Waals surface area contributed by atoms with Gasteiger partial charge in [0.15, 0.2) is 0 Å². The first-order valence-electron chi connectivity index (χ1n) is 7.48. The van der Waals surface area contributed by atoms with Crippen molar-refractivity contribution >= 4 is 5.69 Å². The molecule has 0 bridgehead atoms. The molecule has 0 spiro atoms. The van der Waals surface area contributed by atoms with Gasteiger partial charge in [0.05, 0.1) is 5.69 Å². The third-order valence-electron chi connectivity index (χ3n) is 4.38. The van der Waals surface area contributed by atoms with Crippen molar-refractivity contribution in [3.05, 3.63) is 24.0 Å². The van der Waals surface area contributed by atoms with Crippen LogP contribution >= 0.6 is 0 Å². The largest absolute Gasteiger partial charge is 0.399 e. The molecule has 1 unspecified atom stereocenters. The van der Waals surface area contributed by atoms with Crippen LogP contribution in [0.25, 0.3) is 0 Å². The van der Waals surface area contributed by atoms with Crippen LogP contribution in [0.3, 0.4) is 0 Å². The lowest BCUT2D eigenvalue weighted by Crippen LogP contribution is -2.40. The van der Waals surface area contributed by atoms with E-state index in [9.17, 15) is 0 Å². The summed E-state index contributed by atoms with van der Waals surface area (Å²) in [6.45, 7) is 5.92. The third-order valence-corrected chi connectivity index (χ3v) is 4.38. The van der Waals surface area contributed by atoms with Crippen LogP contribution in [0.4, 0.5) is 5.69 Å². The predicted octanol–water partition coefficient (Wildman–Crippen LogP) is 1.72. The van der Waals surface area contributed by atoms with Gasteiger partial charge in [-0.2, -0.15) is 0 Å². The Kier molecular flexibility index (Phi) is 3.99. The van der Waals surface area contributed by atoms with E-state index in [0.717, 1.165) is 24.0 Å². The molecule has 1 atom stereocenters. The normalized spacial score (nSPS) is 25.8. The molecule has 0 aromatic carbocycles. The molecule has 2 aliphatic heterocycles. The van der Waals surface area contributed by atoms with Gasteiger partial charge in [-0.1, -0.05) is 6.42 Å². The fourth-order valence-electron chi connectivity index (χ4n) is 3.35. The number of nitrogen functional groups attached to an aromatic ring is 1. The van der Waals surface area contributed by atoms with Gasteiger partial charge in [0, 0.05) is 37.6 Å². The molecule has 2 fully saturated rings. The van der Waals surface area contributed by atoms with Crippen molar-refractivity contribution in [2.24, 2.45) is 0 Å². The summed E-state index contributed by atoms with van der Waals surface area (Å²) in [7, 11) is 0. The Morgan fingerprint density at radius 3 is 2.84 bits per heavy atom. The Morgan fingerprint density at radius 1 is 1.21 bits per heavy atom. The number of hydrogen-bond acceptors (Lipinski definition) is 4. The second-order valence-electron chi connectivity index (χ2n) is 5.85. The van der Waals surface area contributed by atoms with E-state index in [2.05, 4.69) is 14.8 Å². The molecule has 1 aromatic heterocycles. The Morgan fingerprint density at radius 2 is 2.05 bits per heavy atom. The van der Waals surface area contributed by atoms with E-state index in [-0.39, 0.29) is 0 Å². The number of nitrogens with zero attached hydrogens (tertiary/aromatic N) is 3. The van der Waals surface area contributed by atoms with Crippen molar-refractivity contribution in [2.75, 3.05) is 31.9 Å². The Labute approximate surface area is 115 Å².